The molecule has 4 rings (SSSR count). The van der Waals surface area contributed by atoms with Gasteiger partial charge in [0, 0.05) is 25.3 Å². The van der Waals surface area contributed by atoms with Crippen molar-refractivity contribution in [2.24, 2.45) is 5.92 Å². The lowest BCUT2D eigenvalue weighted by atomic mass is 9.97. The second kappa shape index (κ2) is 8.89. The van der Waals surface area contributed by atoms with Gasteiger partial charge in [0.15, 0.2) is 0 Å². The first-order valence-corrected chi connectivity index (χ1v) is 10.4. The molecular formula is C24H25FN2O4. The van der Waals surface area contributed by atoms with Gasteiger partial charge in [0.1, 0.15) is 17.3 Å². The van der Waals surface area contributed by atoms with Crippen LogP contribution in [0.15, 0.2) is 54.2 Å². The number of carbonyl (C=O) groups is 2. The van der Waals surface area contributed by atoms with Gasteiger partial charge < -0.3 is 14.7 Å². The highest BCUT2D eigenvalue weighted by Gasteiger charge is 2.42. The van der Waals surface area contributed by atoms with Crippen molar-refractivity contribution in [3.05, 3.63) is 71.2 Å². The number of rotatable bonds is 6. The number of benzene rings is 2. The predicted octanol–water partition coefficient (Wildman–Crippen LogP) is 2.82. The van der Waals surface area contributed by atoms with Crippen molar-refractivity contribution in [3.63, 3.8) is 0 Å². The van der Waals surface area contributed by atoms with Crippen molar-refractivity contribution in [1.29, 1.82) is 0 Å². The topological polar surface area (TPSA) is 70.1 Å². The SMILES string of the molecule is COc1ccc(C2=C(N3CCCC(CO)C3)C(=O)N(Cc3ccccc3F)C2=O)cc1. The quantitative estimate of drug-likeness (QED) is 0.723. The molecule has 162 valence electrons. The Labute approximate surface area is 180 Å². The third kappa shape index (κ3) is 4.05. The molecule has 1 atom stereocenters. The summed E-state index contributed by atoms with van der Waals surface area (Å²) < 4.78 is 19.4. The van der Waals surface area contributed by atoms with Crippen molar-refractivity contribution in [2.75, 3.05) is 26.8 Å². The fourth-order valence-electron chi connectivity index (χ4n) is 4.23. The number of imide groups is 1. The van der Waals surface area contributed by atoms with E-state index in [0.717, 1.165) is 17.7 Å². The number of aliphatic hydroxyl groups excluding tert-OH is 1. The molecule has 2 aromatic carbocycles. The molecule has 0 spiro atoms. The second-order valence-corrected chi connectivity index (χ2v) is 7.88. The molecule has 2 aromatic rings. The molecule has 1 unspecified atom stereocenters. The summed E-state index contributed by atoms with van der Waals surface area (Å²) in [5.74, 6) is -0.649. The number of likely N-dealkylation sites (tertiary alicyclic amines) is 1. The number of methoxy groups -OCH3 is 1. The molecule has 31 heavy (non-hydrogen) atoms. The molecule has 7 heteroatoms. The summed E-state index contributed by atoms with van der Waals surface area (Å²) >= 11 is 0. The van der Waals surface area contributed by atoms with E-state index in [4.69, 9.17) is 4.74 Å². The first kappa shape index (κ1) is 21.1. The lowest BCUT2D eigenvalue weighted by Crippen LogP contribution is -2.40. The van der Waals surface area contributed by atoms with Crippen LogP contribution in [0.25, 0.3) is 5.57 Å². The fraction of sp³-hybridized carbons (Fsp3) is 0.333. The van der Waals surface area contributed by atoms with Gasteiger partial charge in [-0.05, 0) is 42.5 Å². The van der Waals surface area contributed by atoms with Gasteiger partial charge in [-0.3, -0.25) is 14.5 Å². The molecule has 2 heterocycles. The molecule has 1 N–H and O–H groups in total. The third-order valence-corrected chi connectivity index (χ3v) is 5.90. The summed E-state index contributed by atoms with van der Waals surface area (Å²) in [6, 6.07) is 13.1. The van der Waals surface area contributed by atoms with Gasteiger partial charge in [-0.2, -0.15) is 0 Å². The van der Waals surface area contributed by atoms with E-state index in [2.05, 4.69) is 0 Å². The van der Waals surface area contributed by atoms with Gasteiger partial charge in [-0.1, -0.05) is 30.3 Å². The summed E-state index contributed by atoms with van der Waals surface area (Å²) in [6.45, 7) is 1.02. The molecule has 2 amide bonds. The Morgan fingerprint density at radius 2 is 1.84 bits per heavy atom. The molecule has 0 aliphatic carbocycles. The van der Waals surface area contributed by atoms with Crippen LogP contribution in [0.2, 0.25) is 0 Å². The van der Waals surface area contributed by atoms with E-state index >= 15 is 0 Å². The Morgan fingerprint density at radius 3 is 2.52 bits per heavy atom. The zero-order chi connectivity index (χ0) is 22.0. The van der Waals surface area contributed by atoms with Gasteiger partial charge in [0.25, 0.3) is 11.8 Å². The Morgan fingerprint density at radius 1 is 1.10 bits per heavy atom. The van der Waals surface area contributed by atoms with Crippen LogP contribution in [0.1, 0.15) is 24.0 Å². The largest absolute Gasteiger partial charge is 0.497 e. The smallest absolute Gasteiger partial charge is 0.278 e. The van der Waals surface area contributed by atoms with Crippen LogP contribution >= 0.6 is 0 Å². The highest BCUT2D eigenvalue weighted by Crippen LogP contribution is 2.35. The molecule has 0 aromatic heterocycles. The molecule has 1 fully saturated rings. The summed E-state index contributed by atoms with van der Waals surface area (Å²) in [6.07, 6.45) is 1.69. The fourth-order valence-corrected chi connectivity index (χ4v) is 4.23. The number of hydrogen-bond donors (Lipinski definition) is 1. The van der Waals surface area contributed by atoms with Crippen LogP contribution in [-0.4, -0.2) is 53.5 Å². The normalized spacial score (nSPS) is 19.4. The minimum absolute atomic E-state index is 0.0305. The Balaban J connectivity index is 1.74. The number of aliphatic hydroxyl groups is 1. The van der Waals surface area contributed by atoms with Gasteiger partial charge in [-0.15, -0.1) is 0 Å². The minimum Gasteiger partial charge on any atom is -0.497 e. The average molecular weight is 424 g/mol. The van der Waals surface area contributed by atoms with E-state index in [1.165, 1.54) is 6.07 Å². The van der Waals surface area contributed by atoms with Gasteiger partial charge in [0.05, 0.1) is 19.2 Å². The van der Waals surface area contributed by atoms with Crippen LogP contribution in [-0.2, 0) is 16.1 Å². The number of ether oxygens (including phenoxy) is 1. The number of carbonyl (C=O) groups excluding carboxylic acids is 2. The monoisotopic (exact) mass is 424 g/mol. The molecule has 0 bridgehead atoms. The highest BCUT2D eigenvalue weighted by atomic mass is 19.1. The van der Waals surface area contributed by atoms with Crippen molar-refractivity contribution in [2.45, 2.75) is 19.4 Å². The summed E-state index contributed by atoms with van der Waals surface area (Å²) in [5.41, 5.74) is 1.52. The van der Waals surface area contributed by atoms with Gasteiger partial charge in [0.2, 0.25) is 0 Å². The zero-order valence-electron chi connectivity index (χ0n) is 17.4. The maximum atomic E-state index is 14.2. The second-order valence-electron chi connectivity index (χ2n) is 7.88. The summed E-state index contributed by atoms with van der Waals surface area (Å²) in [4.78, 5) is 29.8. The lowest BCUT2D eigenvalue weighted by molar-refractivity contribution is -0.138. The number of halogens is 1. The van der Waals surface area contributed by atoms with E-state index < -0.39 is 17.6 Å². The van der Waals surface area contributed by atoms with E-state index in [-0.39, 0.29) is 24.6 Å². The minimum atomic E-state index is -0.458. The van der Waals surface area contributed by atoms with E-state index in [9.17, 15) is 19.1 Å². The van der Waals surface area contributed by atoms with Crippen molar-refractivity contribution >= 4 is 17.4 Å². The standard InChI is InChI=1S/C24H25FN2O4/c1-31-19-10-8-17(9-11-19)21-22(26-12-4-5-16(13-26)15-28)24(30)27(23(21)29)14-18-6-2-3-7-20(18)25/h2-3,6-11,16,28H,4-5,12-15H2,1H3. The molecule has 1 saturated heterocycles. The number of amides is 2. The van der Waals surface area contributed by atoms with Crippen LogP contribution in [0.4, 0.5) is 4.39 Å². The molecule has 2 aliphatic rings. The van der Waals surface area contributed by atoms with Crippen LogP contribution in [0, 0.1) is 11.7 Å². The van der Waals surface area contributed by atoms with Crippen LogP contribution in [0.5, 0.6) is 5.75 Å². The molecule has 2 aliphatic heterocycles. The molecule has 6 nitrogen and oxygen atoms in total. The number of piperidine rings is 1. The van der Waals surface area contributed by atoms with E-state index in [0.29, 0.717) is 35.7 Å². The molecule has 0 radical (unpaired) electrons. The zero-order valence-corrected chi connectivity index (χ0v) is 17.4. The lowest BCUT2D eigenvalue weighted by Gasteiger charge is -2.34. The molecule has 0 saturated carbocycles. The van der Waals surface area contributed by atoms with Crippen LogP contribution < -0.4 is 4.74 Å². The van der Waals surface area contributed by atoms with E-state index in [1.807, 2.05) is 4.90 Å². The summed E-state index contributed by atoms with van der Waals surface area (Å²) in [5, 5.41) is 9.63. The van der Waals surface area contributed by atoms with Gasteiger partial charge >= 0.3 is 0 Å². The van der Waals surface area contributed by atoms with Crippen molar-refractivity contribution in [1.82, 2.24) is 9.80 Å². The highest BCUT2D eigenvalue weighted by molar-refractivity contribution is 6.35. The first-order chi connectivity index (χ1) is 15.0. The maximum Gasteiger partial charge on any atom is 0.278 e. The van der Waals surface area contributed by atoms with Crippen LogP contribution in [0.3, 0.4) is 0 Å². The van der Waals surface area contributed by atoms with E-state index in [1.54, 1.807) is 49.6 Å². The molecular weight excluding hydrogens is 399 g/mol. The third-order valence-electron chi connectivity index (χ3n) is 5.90. The van der Waals surface area contributed by atoms with Crippen molar-refractivity contribution in [3.8, 4) is 5.75 Å². The predicted molar refractivity (Wildman–Crippen MR) is 113 cm³/mol. The summed E-state index contributed by atoms with van der Waals surface area (Å²) in [7, 11) is 1.56. The average Bonchev–Trinajstić information content (AvgIpc) is 3.05. The maximum absolute atomic E-state index is 14.2. The number of nitrogens with zero attached hydrogens (tertiary/aromatic N) is 2. The number of hydrogen-bond acceptors (Lipinski definition) is 5. The Kier molecular flexibility index (Phi) is 6.04. The van der Waals surface area contributed by atoms with Crippen molar-refractivity contribution < 1.29 is 23.8 Å². The Hall–Kier alpha value is -3.19. The first-order valence-electron chi connectivity index (χ1n) is 10.4. The Bertz CT molecular complexity index is 1020. The van der Waals surface area contributed by atoms with Gasteiger partial charge in [-0.25, -0.2) is 4.39 Å².